The fraction of sp³-hybridized carbons (Fsp3) is 0.690. The Bertz CT molecular complexity index is 1050. The number of fused-ring (bicyclic) bond motifs is 1. The fourth-order valence-electron chi connectivity index (χ4n) is 7.31. The first-order chi connectivity index (χ1) is 18.9. The van der Waals surface area contributed by atoms with Crippen molar-refractivity contribution in [2.24, 2.45) is 11.8 Å². The summed E-state index contributed by atoms with van der Waals surface area (Å²) in [6, 6.07) is 8.24. The molecule has 3 amide bonds. The standard InChI is InChI=1S/C29H42N4O6/c1-3-21(19-34)33-24(26(36)30-12-13-32-14-16-38-17-15-32)29-11-10-28(4-2,39-29)22(23(29)27(33)37)25(35)31-18-20-8-6-5-7-9-20/h5-9,21-24,34H,3-4,10-19H2,1-2H3,(H,30,36)(H,31,35)/t21-,22+,23-,24?,28-,29?/m0/s1. The lowest BCUT2D eigenvalue weighted by atomic mass is 9.65. The van der Waals surface area contributed by atoms with Gasteiger partial charge in [-0.15, -0.1) is 0 Å². The average molecular weight is 543 g/mol. The number of hydrogen-bond acceptors (Lipinski definition) is 7. The van der Waals surface area contributed by atoms with Crippen molar-refractivity contribution >= 4 is 17.7 Å². The number of hydrogen-bond donors (Lipinski definition) is 3. The third kappa shape index (κ3) is 4.85. The van der Waals surface area contributed by atoms with Gasteiger partial charge in [-0.1, -0.05) is 44.2 Å². The van der Waals surface area contributed by atoms with Crippen LogP contribution in [-0.4, -0.2) is 102 Å². The van der Waals surface area contributed by atoms with E-state index in [1.54, 1.807) is 0 Å². The summed E-state index contributed by atoms with van der Waals surface area (Å²) < 4.78 is 12.2. The van der Waals surface area contributed by atoms with Crippen molar-refractivity contribution in [1.82, 2.24) is 20.4 Å². The number of carbonyl (C=O) groups excluding carboxylic acids is 3. The highest BCUT2D eigenvalue weighted by Crippen LogP contribution is 2.64. The van der Waals surface area contributed by atoms with Crippen molar-refractivity contribution in [1.29, 1.82) is 0 Å². The minimum Gasteiger partial charge on any atom is -0.394 e. The number of aliphatic hydroxyl groups is 1. The number of rotatable bonds is 11. The van der Waals surface area contributed by atoms with Gasteiger partial charge in [-0.3, -0.25) is 19.3 Å². The molecule has 10 nitrogen and oxygen atoms in total. The van der Waals surface area contributed by atoms with Crippen molar-refractivity contribution in [2.45, 2.75) is 69.4 Å². The minimum absolute atomic E-state index is 0.217. The van der Waals surface area contributed by atoms with E-state index in [-0.39, 0.29) is 24.3 Å². The van der Waals surface area contributed by atoms with Gasteiger partial charge < -0.3 is 30.1 Å². The highest BCUT2D eigenvalue weighted by atomic mass is 16.5. The zero-order valence-corrected chi connectivity index (χ0v) is 23.1. The molecule has 0 aliphatic carbocycles. The van der Waals surface area contributed by atoms with Gasteiger partial charge in [0.1, 0.15) is 11.6 Å². The largest absolute Gasteiger partial charge is 0.394 e. The molecular formula is C29H42N4O6. The maximum atomic E-state index is 14.2. The van der Waals surface area contributed by atoms with E-state index in [9.17, 15) is 19.5 Å². The summed E-state index contributed by atoms with van der Waals surface area (Å²) in [4.78, 5) is 45.6. The molecule has 5 rings (SSSR count). The third-order valence-electron chi connectivity index (χ3n) is 9.37. The molecule has 4 aliphatic heterocycles. The van der Waals surface area contributed by atoms with Gasteiger partial charge in [-0.05, 0) is 31.2 Å². The summed E-state index contributed by atoms with van der Waals surface area (Å²) in [6.45, 7) is 8.10. The van der Waals surface area contributed by atoms with Crippen LogP contribution in [0.4, 0.5) is 0 Å². The molecule has 0 aromatic heterocycles. The number of likely N-dealkylation sites (tertiary alicyclic amines) is 1. The quantitative estimate of drug-likeness (QED) is 0.376. The Morgan fingerprint density at radius 3 is 2.51 bits per heavy atom. The molecule has 3 N–H and O–H groups in total. The van der Waals surface area contributed by atoms with Crippen LogP contribution in [0.5, 0.6) is 0 Å². The average Bonchev–Trinajstić information content (AvgIpc) is 3.57. The topological polar surface area (TPSA) is 120 Å². The molecule has 1 aromatic rings. The van der Waals surface area contributed by atoms with Gasteiger partial charge in [0, 0.05) is 32.7 Å². The van der Waals surface area contributed by atoms with Crippen LogP contribution < -0.4 is 10.6 Å². The van der Waals surface area contributed by atoms with Crippen LogP contribution in [0.25, 0.3) is 0 Å². The Morgan fingerprint density at radius 1 is 1.10 bits per heavy atom. The summed E-state index contributed by atoms with van der Waals surface area (Å²) in [7, 11) is 0. The molecular weight excluding hydrogens is 500 g/mol. The summed E-state index contributed by atoms with van der Waals surface area (Å²) in [6.07, 6.45) is 2.20. The number of morpholine rings is 1. The molecule has 2 bridgehead atoms. The van der Waals surface area contributed by atoms with E-state index in [0.717, 1.165) is 18.7 Å². The van der Waals surface area contributed by atoms with Gasteiger partial charge in [0.05, 0.1) is 43.3 Å². The van der Waals surface area contributed by atoms with Gasteiger partial charge in [0.15, 0.2) is 0 Å². The van der Waals surface area contributed by atoms with Crippen LogP contribution >= 0.6 is 0 Å². The molecule has 4 saturated heterocycles. The second kappa shape index (κ2) is 11.5. The van der Waals surface area contributed by atoms with E-state index in [1.165, 1.54) is 4.90 Å². The number of amides is 3. The lowest BCUT2D eigenvalue weighted by Crippen LogP contribution is -2.58. The Kier molecular flexibility index (Phi) is 8.28. The van der Waals surface area contributed by atoms with Crippen LogP contribution in [-0.2, 0) is 30.4 Å². The van der Waals surface area contributed by atoms with Crippen molar-refractivity contribution < 1.29 is 29.0 Å². The fourth-order valence-corrected chi connectivity index (χ4v) is 7.31. The van der Waals surface area contributed by atoms with E-state index in [0.29, 0.717) is 58.5 Å². The maximum absolute atomic E-state index is 14.2. The molecule has 214 valence electrons. The van der Waals surface area contributed by atoms with Crippen LogP contribution in [0.1, 0.15) is 45.1 Å². The maximum Gasteiger partial charge on any atom is 0.245 e. The molecule has 4 fully saturated rings. The van der Waals surface area contributed by atoms with Crippen molar-refractivity contribution in [3.8, 4) is 0 Å². The first kappa shape index (κ1) is 28.0. The second-order valence-electron chi connectivity index (χ2n) is 11.3. The smallest absolute Gasteiger partial charge is 0.245 e. The number of aliphatic hydroxyl groups excluding tert-OH is 1. The van der Waals surface area contributed by atoms with Crippen molar-refractivity contribution in [3.63, 3.8) is 0 Å². The normalized spacial score (nSPS) is 32.7. The van der Waals surface area contributed by atoms with E-state index < -0.39 is 35.1 Å². The minimum atomic E-state index is -1.09. The lowest BCUT2D eigenvalue weighted by molar-refractivity contribution is -0.151. The first-order valence-electron chi connectivity index (χ1n) is 14.4. The van der Waals surface area contributed by atoms with Crippen molar-refractivity contribution in [2.75, 3.05) is 46.0 Å². The Hall–Kier alpha value is -2.53. The Morgan fingerprint density at radius 2 is 1.85 bits per heavy atom. The van der Waals surface area contributed by atoms with E-state index >= 15 is 0 Å². The highest BCUT2D eigenvalue weighted by Gasteiger charge is 2.79. The van der Waals surface area contributed by atoms with Gasteiger partial charge in [0.25, 0.3) is 0 Å². The molecule has 0 saturated carbocycles. The molecule has 6 atom stereocenters. The Balaban J connectivity index is 1.40. The van der Waals surface area contributed by atoms with E-state index in [4.69, 9.17) is 9.47 Å². The number of carbonyl (C=O) groups is 3. The van der Waals surface area contributed by atoms with Crippen LogP contribution in [0, 0.1) is 11.8 Å². The first-order valence-corrected chi connectivity index (χ1v) is 14.4. The number of nitrogens with zero attached hydrogens (tertiary/aromatic N) is 2. The van der Waals surface area contributed by atoms with Crippen LogP contribution in [0.15, 0.2) is 30.3 Å². The predicted molar refractivity (Wildman–Crippen MR) is 143 cm³/mol. The predicted octanol–water partition coefficient (Wildman–Crippen LogP) is 0.677. The van der Waals surface area contributed by atoms with Gasteiger partial charge in [-0.2, -0.15) is 0 Å². The number of nitrogens with one attached hydrogen (secondary N) is 2. The molecule has 0 radical (unpaired) electrons. The summed E-state index contributed by atoms with van der Waals surface area (Å²) in [5, 5.41) is 16.3. The van der Waals surface area contributed by atoms with Crippen LogP contribution in [0.3, 0.4) is 0 Å². The van der Waals surface area contributed by atoms with Crippen LogP contribution in [0.2, 0.25) is 0 Å². The molecule has 2 unspecified atom stereocenters. The third-order valence-corrected chi connectivity index (χ3v) is 9.37. The summed E-state index contributed by atoms with van der Waals surface area (Å²) >= 11 is 0. The number of benzene rings is 1. The summed E-state index contributed by atoms with van der Waals surface area (Å²) in [5.41, 5.74) is -0.910. The number of ether oxygens (including phenoxy) is 2. The van der Waals surface area contributed by atoms with Gasteiger partial charge in [-0.25, -0.2) is 0 Å². The van der Waals surface area contributed by atoms with Gasteiger partial charge >= 0.3 is 0 Å². The molecule has 10 heteroatoms. The van der Waals surface area contributed by atoms with Crippen molar-refractivity contribution in [3.05, 3.63) is 35.9 Å². The lowest BCUT2D eigenvalue weighted by Gasteiger charge is -2.37. The SMILES string of the molecule is CC[C@@H](CO)N1C(=O)[C@@H]2[C@H](C(=O)NCc3ccccc3)[C@]3(CC)CCC2(O3)C1C(=O)NCCN1CCOCC1. The molecule has 4 heterocycles. The molecule has 1 spiro atoms. The summed E-state index contributed by atoms with van der Waals surface area (Å²) in [5.74, 6) is -2.22. The van der Waals surface area contributed by atoms with E-state index in [2.05, 4.69) is 15.5 Å². The van der Waals surface area contributed by atoms with E-state index in [1.807, 2.05) is 44.2 Å². The second-order valence-corrected chi connectivity index (χ2v) is 11.3. The Labute approximate surface area is 230 Å². The van der Waals surface area contributed by atoms with Gasteiger partial charge in [0.2, 0.25) is 17.7 Å². The molecule has 4 aliphatic rings. The highest BCUT2D eigenvalue weighted by molar-refractivity contribution is 5.99. The monoisotopic (exact) mass is 542 g/mol. The zero-order valence-electron chi connectivity index (χ0n) is 23.1. The molecule has 1 aromatic carbocycles. The molecule has 39 heavy (non-hydrogen) atoms. The zero-order chi connectivity index (χ0) is 27.6.